The van der Waals surface area contributed by atoms with Gasteiger partial charge in [-0.25, -0.2) is 0 Å². The zero-order chi connectivity index (χ0) is 10.1. The molecule has 0 spiro atoms. The Balaban J connectivity index is 2.62. The fraction of sp³-hybridized carbons (Fsp3) is 0.300. The van der Waals surface area contributed by atoms with Gasteiger partial charge in [-0.15, -0.1) is 0 Å². The standard InChI is InChI=1S/C10H14N4/c1-7-10(8-3-4-12-6-8)9(5-11)14(2)13-7/h3-4,6,12H,5,11H2,1-2H3. The topological polar surface area (TPSA) is 59.6 Å². The molecule has 0 saturated heterocycles. The quantitative estimate of drug-likeness (QED) is 0.747. The summed E-state index contributed by atoms with van der Waals surface area (Å²) in [5, 5.41) is 4.36. The molecule has 4 heteroatoms. The van der Waals surface area contributed by atoms with Gasteiger partial charge in [-0.2, -0.15) is 5.10 Å². The molecule has 0 radical (unpaired) electrons. The number of aryl methyl sites for hydroxylation is 2. The van der Waals surface area contributed by atoms with Crippen molar-refractivity contribution < 1.29 is 0 Å². The smallest absolute Gasteiger partial charge is 0.0675 e. The summed E-state index contributed by atoms with van der Waals surface area (Å²) in [7, 11) is 1.92. The Morgan fingerprint density at radius 3 is 2.93 bits per heavy atom. The first-order valence-corrected chi connectivity index (χ1v) is 4.59. The number of rotatable bonds is 2. The van der Waals surface area contributed by atoms with Gasteiger partial charge in [0.2, 0.25) is 0 Å². The van der Waals surface area contributed by atoms with Crippen molar-refractivity contribution in [2.24, 2.45) is 12.8 Å². The van der Waals surface area contributed by atoms with E-state index in [-0.39, 0.29) is 0 Å². The van der Waals surface area contributed by atoms with E-state index in [1.54, 1.807) is 0 Å². The van der Waals surface area contributed by atoms with Crippen LogP contribution in [0.2, 0.25) is 0 Å². The predicted molar refractivity (Wildman–Crippen MR) is 55.6 cm³/mol. The molecule has 0 atom stereocenters. The maximum atomic E-state index is 5.70. The van der Waals surface area contributed by atoms with Gasteiger partial charge in [0.25, 0.3) is 0 Å². The van der Waals surface area contributed by atoms with Crippen LogP contribution >= 0.6 is 0 Å². The van der Waals surface area contributed by atoms with Crippen LogP contribution in [-0.4, -0.2) is 14.8 Å². The third-order valence-electron chi connectivity index (χ3n) is 2.42. The van der Waals surface area contributed by atoms with Gasteiger partial charge in [-0.3, -0.25) is 4.68 Å². The molecule has 3 N–H and O–H groups in total. The molecule has 0 aliphatic rings. The van der Waals surface area contributed by atoms with Crippen LogP contribution in [0.5, 0.6) is 0 Å². The molecule has 0 unspecified atom stereocenters. The molecule has 74 valence electrons. The molecule has 2 aromatic heterocycles. The first kappa shape index (κ1) is 9.02. The fourth-order valence-electron chi connectivity index (χ4n) is 1.80. The summed E-state index contributed by atoms with van der Waals surface area (Å²) in [6.45, 7) is 2.51. The lowest BCUT2D eigenvalue weighted by Crippen LogP contribution is -2.05. The largest absolute Gasteiger partial charge is 0.367 e. The molecule has 4 nitrogen and oxygen atoms in total. The van der Waals surface area contributed by atoms with Crippen molar-refractivity contribution in [3.63, 3.8) is 0 Å². The van der Waals surface area contributed by atoms with Gasteiger partial charge in [0.05, 0.1) is 11.4 Å². The van der Waals surface area contributed by atoms with Crippen molar-refractivity contribution in [1.82, 2.24) is 14.8 Å². The molecule has 0 aliphatic carbocycles. The van der Waals surface area contributed by atoms with Crippen molar-refractivity contribution >= 4 is 0 Å². The Morgan fingerprint density at radius 1 is 1.57 bits per heavy atom. The Labute approximate surface area is 82.7 Å². The summed E-state index contributed by atoms with van der Waals surface area (Å²) in [5.41, 5.74) is 10.1. The molecule has 0 saturated carbocycles. The monoisotopic (exact) mass is 190 g/mol. The van der Waals surface area contributed by atoms with Gasteiger partial charge in [-0.05, 0) is 13.0 Å². The van der Waals surface area contributed by atoms with E-state index in [0.717, 1.165) is 22.5 Å². The molecule has 2 rings (SSSR count). The Bertz CT molecular complexity index is 425. The fourth-order valence-corrected chi connectivity index (χ4v) is 1.80. The molecule has 2 heterocycles. The number of nitrogens with zero attached hydrogens (tertiary/aromatic N) is 2. The Morgan fingerprint density at radius 2 is 2.36 bits per heavy atom. The summed E-state index contributed by atoms with van der Waals surface area (Å²) in [4.78, 5) is 3.04. The van der Waals surface area contributed by atoms with Crippen LogP contribution in [-0.2, 0) is 13.6 Å². The van der Waals surface area contributed by atoms with Gasteiger partial charge in [0.1, 0.15) is 0 Å². The van der Waals surface area contributed by atoms with E-state index in [1.807, 2.05) is 37.1 Å². The molecular weight excluding hydrogens is 176 g/mol. The van der Waals surface area contributed by atoms with Crippen LogP contribution < -0.4 is 5.73 Å². The maximum Gasteiger partial charge on any atom is 0.0675 e. The molecule has 0 bridgehead atoms. The zero-order valence-electron chi connectivity index (χ0n) is 8.41. The minimum atomic E-state index is 0.512. The van der Waals surface area contributed by atoms with Crippen molar-refractivity contribution in [3.05, 3.63) is 29.8 Å². The zero-order valence-corrected chi connectivity index (χ0v) is 8.41. The number of H-pyrrole nitrogens is 1. The van der Waals surface area contributed by atoms with Crippen molar-refractivity contribution in [2.75, 3.05) is 0 Å². The van der Waals surface area contributed by atoms with Crippen LogP contribution in [0, 0.1) is 6.92 Å². The third-order valence-corrected chi connectivity index (χ3v) is 2.42. The predicted octanol–water partition coefficient (Wildman–Crippen LogP) is 1.18. The van der Waals surface area contributed by atoms with Gasteiger partial charge < -0.3 is 10.7 Å². The van der Waals surface area contributed by atoms with Crippen LogP contribution in [0.25, 0.3) is 11.1 Å². The third kappa shape index (κ3) is 1.24. The molecule has 0 amide bonds. The van der Waals surface area contributed by atoms with E-state index in [4.69, 9.17) is 5.73 Å². The SMILES string of the molecule is Cc1nn(C)c(CN)c1-c1cc[nH]c1. The van der Waals surface area contributed by atoms with E-state index in [9.17, 15) is 0 Å². The second kappa shape index (κ2) is 3.31. The van der Waals surface area contributed by atoms with E-state index in [2.05, 4.69) is 10.1 Å². The molecule has 2 aromatic rings. The summed E-state index contributed by atoms with van der Waals surface area (Å²) in [6, 6.07) is 2.03. The van der Waals surface area contributed by atoms with Crippen molar-refractivity contribution in [2.45, 2.75) is 13.5 Å². The number of aromatic amines is 1. The molecule has 0 fully saturated rings. The first-order chi connectivity index (χ1) is 6.74. The van der Waals surface area contributed by atoms with E-state index < -0.39 is 0 Å². The van der Waals surface area contributed by atoms with E-state index in [1.165, 1.54) is 0 Å². The highest BCUT2D eigenvalue weighted by atomic mass is 15.3. The highest BCUT2D eigenvalue weighted by molar-refractivity contribution is 5.68. The van der Waals surface area contributed by atoms with Gasteiger partial charge in [0.15, 0.2) is 0 Å². The Kier molecular flexibility index (Phi) is 2.13. The van der Waals surface area contributed by atoms with Crippen LogP contribution in [0.1, 0.15) is 11.4 Å². The lowest BCUT2D eigenvalue weighted by molar-refractivity contribution is 0.706. The summed E-state index contributed by atoms with van der Waals surface area (Å²) in [5.74, 6) is 0. The summed E-state index contributed by atoms with van der Waals surface area (Å²) < 4.78 is 1.84. The van der Waals surface area contributed by atoms with Gasteiger partial charge in [-0.1, -0.05) is 0 Å². The minimum absolute atomic E-state index is 0.512. The number of nitrogens with one attached hydrogen (secondary N) is 1. The normalized spacial score (nSPS) is 10.8. The van der Waals surface area contributed by atoms with E-state index in [0.29, 0.717) is 6.54 Å². The maximum absolute atomic E-state index is 5.70. The van der Waals surface area contributed by atoms with Crippen LogP contribution in [0.3, 0.4) is 0 Å². The molecule has 0 aromatic carbocycles. The van der Waals surface area contributed by atoms with Gasteiger partial charge >= 0.3 is 0 Å². The highest BCUT2D eigenvalue weighted by Gasteiger charge is 2.13. The summed E-state index contributed by atoms with van der Waals surface area (Å²) in [6.07, 6.45) is 3.87. The summed E-state index contributed by atoms with van der Waals surface area (Å²) >= 11 is 0. The average molecular weight is 190 g/mol. The number of hydrogen-bond donors (Lipinski definition) is 2. The van der Waals surface area contributed by atoms with Crippen molar-refractivity contribution in [3.8, 4) is 11.1 Å². The number of hydrogen-bond acceptors (Lipinski definition) is 2. The number of nitrogens with two attached hydrogens (primary N) is 1. The second-order valence-electron chi connectivity index (χ2n) is 3.33. The van der Waals surface area contributed by atoms with E-state index >= 15 is 0 Å². The molecular formula is C10H14N4. The lowest BCUT2D eigenvalue weighted by atomic mass is 10.1. The second-order valence-corrected chi connectivity index (χ2v) is 3.33. The average Bonchev–Trinajstić information content (AvgIpc) is 2.72. The van der Waals surface area contributed by atoms with Crippen molar-refractivity contribution in [1.29, 1.82) is 0 Å². The molecule has 0 aliphatic heterocycles. The highest BCUT2D eigenvalue weighted by Crippen LogP contribution is 2.25. The number of aromatic nitrogens is 3. The van der Waals surface area contributed by atoms with Crippen LogP contribution in [0.4, 0.5) is 0 Å². The van der Waals surface area contributed by atoms with Crippen LogP contribution in [0.15, 0.2) is 18.5 Å². The minimum Gasteiger partial charge on any atom is -0.367 e. The Hall–Kier alpha value is -1.55. The molecule has 14 heavy (non-hydrogen) atoms. The first-order valence-electron chi connectivity index (χ1n) is 4.59. The lowest BCUT2D eigenvalue weighted by Gasteiger charge is -2.01. The van der Waals surface area contributed by atoms with Gasteiger partial charge in [0, 0.05) is 37.1 Å².